The average molecular weight is 271 g/mol. The first kappa shape index (κ1) is 12.4. The molecular formula is C15H17N3S. The molecule has 0 atom stereocenters. The van der Waals surface area contributed by atoms with Gasteiger partial charge in [0, 0.05) is 34.7 Å². The molecule has 1 aromatic carbocycles. The van der Waals surface area contributed by atoms with Gasteiger partial charge in [-0.05, 0) is 31.7 Å². The highest BCUT2D eigenvalue weighted by atomic mass is 32.1. The number of aromatic nitrogens is 2. The van der Waals surface area contributed by atoms with Crippen LogP contribution in [0, 0.1) is 6.92 Å². The molecule has 3 aromatic rings. The van der Waals surface area contributed by atoms with Crippen LogP contribution in [0.15, 0.2) is 36.7 Å². The first-order valence-electron chi connectivity index (χ1n) is 6.40. The molecule has 98 valence electrons. The van der Waals surface area contributed by atoms with Crippen LogP contribution < -0.4 is 5.32 Å². The summed E-state index contributed by atoms with van der Waals surface area (Å²) in [5, 5.41) is 5.68. The molecule has 2 heterocycles. The summed E-state index contributed by atoms with van der Waals surface area (Å²) >= 11 is 1.76. The fourth-order valence-corrected chi connectivity index (χ4v) is 3.21. The summed E-state index contributed by atoms with van der Waals surface area (Å²) < 4.78 is 2.29. The van der Waals surface area contributed by atoms with E-state index < -0.39 is 0 Å². The third kappa shape index (κ3) is 2.41. The van der Waals surface area contributed by atoms with Gasteiger partial charge in [-0.2, -0.15) is 0 Å². The predicted octanol–water partition coefficient (Wildman–Crippen LogP) is 3.17. The van der Waals surface area contributed by atoms with Crippen LogP contribution in [0.1, 0.15) is 15.4 Å². The van der Waals surface area contributed by atoms with Crippen LogP contribution in [0.4, 0.5) is 0 Å². The van der Waals surface area contributed by atoms with Crippen LogP contribution in [-0.4, -0.2) is 16.6 Å². The Bertz CT molecular complexity index is 696. The van der Waals surface area contributed by atoms with Gasteiger partial charge in [-0.3, -0.25) is 0 Å². The van der Waals surface area contributed by atoms with Gasteiger partial charge in [0.2, 0.25) is 0 Å². The second-order valence-corrected chi connectivity index (χ2v) is 5.99. The summed E-state index contributed by atoms with van der Waals surface area (Å²) in [6, 6.07) is 8.70. The van der Waals surface area contributed by atoms with Crippen LogP contribution in [-0.2, 0) is 13.1 Å². The van der Waals surface area contributed by atoms with Crippen molar-refractivity contribution in [1.29, 1.82) is 0 Å². The van der Waals surface area contributed by atoms with Gasteiger partial charge in [0.25, 0.3) is 0 Å². The quantitative estimate of drug-likeness (QED) is 0.790. The monoisotopic (exact) mass is 271 g/mol. The van der Waals surface area contributed by atoms with Crippen molar-refractivity contribution in [2.45, 2.75) is 20.0 Å². The fraction of sp³-hybridized carbons (Fsp3) is 0.267. The second kappa shape index (κ2) is 5.15. The zero-order chi connectivity index (χ0) is 13.2. The Hall–Kier alpha value is -1.65. The van der Waals surface area contributed by atoms with Crippen molar-refractivity contribution in [1.82, 2.24) is 14.9 Å². The van der Waals surface area contributed by atoms with Gasteiger partial charge in [-0.15, -0.1) is 11.3 Å². The topological polar surface area (TPSA) is 29.9 Å². The Morgan fingerprint density at radius 1 is 1.32 bits per heavy atom. The number of hydrogen-bond donors (Lipinski definition) is 1. The van der Waals surface area contributed by atoms with Crippen LogP contribution in [0.2, 0.25) is 0 Å². The lowest BCUT2D eigenvalue weighted by atomic mass is 10.1. The Morgan fingerprint density at radius 2 is 2.21 bits per heavy atom. The van der Waals surface area contributed by atoms with Gasteiger partial charge < -0.3 is 9.88 Å². The number of hydrogen-bond acceptors (Lipinski definition) is 3. The van der Waals surface area contributed by atoms with E-state index in [1.807, 2.05) is 20.2 Å². The Labute approximate surface area is 116 Å². The van der Waals surface area contributed by atoms with Crippen molar-refractivity contribution in [3.63, 3.8) is 0 Å². The Morgan fingerprint density at radius 3 is 2.95 bits per heavy atom. The van der Waals surface area contributed by atoms with Crippen LogP contribution in [0.3, 0.4) is 0 Å². The molecular weight excluding hydrogens is 254 g/mol. The second-order valence-electron chi connectivity index (χ2n) is 4.67. The number of thiazole rings is 1. The molecule has 2 aromatic heterocycles. The van der Waals surface area contributed by atoms with E-state index in [0.29, 0.717) is 0 Å². The maximum Gasteiger partial charge on any atom is 0.0897 e. The van der Waals surface area contributed by atoms with Crippen LogP contribution in [0.25, 0.3) is 10.9 Å². The van der Waals surface area contributed by atoms with Gasteiger partial charge in [0.05, 0.1) is 11.6 Å². The molecule has 0 spiro atoms. The Kier molecular flexibility index (Phi) is 3.36. The SMILES string of the molecule is CNCc1cccc2c1ccn2Cc1cnc(C)s1. The normalized spacial score (nSPS) is 11.3. The lowest BCUT2D eigenvalue weighted by Gasteiger charge is -2.05. The summed E-state index contributed by atoms with van der Waals surface area (Å²) in [6.07, 6.45) is 4.14. The number of fused-ring (bicyclic) bond motifs is 1. The molecule has 0 fully saturated rings. The van der Waals surface area contributed by atoms with Gasteiger partial charge in [-0.25, -0.2) is 4.98 Å². The molecule has 3 nitrogen and oxygen atoms in total. The first-order chi connectivity index (χ1) is 9.28. The molecule has 0 saturated carbocycles. The average Bonchev–Trinajstić information content (AvgIpc) is 2.99. The maximum atomic E-state index is 4.32. The zero-order valence-electron chi connectivity index (χ0n) is 11.2. The smallest absolute Gasteiger partial charge is 0.0897 e. The van der Waals surface area contributed by atoms with Crippen molar-refractivity contribution in [2.24, 2.45) is 0 Å². The molecule has 1 N–H and O–H groups in total. The molecule has 0 unspecified atom stereocenters. The van der Waals surface area contributed by atoms with E-state index in [2.05, 4.69) is 45.3 Å². The fourth-order valence-electron chi connectivity index (χ4n) is 2.42. The standard InChI is InChI=1S/C15H17N3S/c1-11-17-9-13(19-11)10-18-7-6-14-12(8-16-2)4-3-5-15(14)18/h3-7,9,16H,8,10H2,1-2H3. The number of aryl methyl sites for hydroxylation is 1. The molecule has 4 heteroatoms. The van der Waals surface area contributed by atoms with E-state index in [4.69, 9.17) is 0 Å². The van der Waals surface area contributed by atoms with E-state index in [9.17, 15) is 0 Å². The lowest BCUT2D eigenvalue weighted by molar-refractivity contribution is 0.822. The Balaban J connectivity index is 1.98. The summed E-state index contributed by atoms with van der Waals surface area (Å²) in [7, 11) is 1.98. The minimum absolute atomic E-state index is 0.901. The third-order valence-electron chi connectivity index (χ3n) is 3.27. The minimum Gasteiger partial charge on any atom is -0.342 e. The molecule has 0 radical (unpaired) electrons. The minimum atomic E-state index is 0.901. The van der Waals surface area contributed by atoms with Crippen LogP contribution >= 0.6 is 11.3 Å². The van der Waals surface area contributed by atoms with Crippen molar-refractivity contribution < 1.29 is 0 Å². The van der Waals surface area contributed by atoms with Crippen molar-refractivity contribution >= 4 is 22.2 Å². The number of nitrogens with zero attached hydrogens (tertiary/aromatic N) is 2. The van der Waals surface area contributed by atoms with Crippen molar-refractivity contribution in [2.75, 3.05) is 7.05 Å². The highest BCUT2D eigenvalue weighted by molar-refractivity contribution is 7.11. The molecule has 0 aliphatic rings. The van der Waals surface area contributed by atoms with E-state index in [0.717, 1.165) is 18.1 Å². The molecule has 3 rings (SSSR count). The summed E-state index contributed by atoms with van der Waals surface area (Å²) in [6.45, 7) is 3.85. The molecule has 0 aliphatic carbocycles. The first-order valence-corrected chi connectivity index (χ1v) is 7.22. The lowest BCUT2D eigenvalue weighted by Crippen LogP contribution is -2.05. The zero-order valence-corrected chi connectivity index (χ0v) is 12.0. The van der Waals surface area contributed by atoms with Gasteiger partial charge in [0.15, 0.2) is 0 Å². The van der Waals surface area contributed by atoms with Gasteiger partial charge >= 0.3 is 0 Å². The number of benzene rings is 1. The third-order valence-corrected chi connectivity index (χ3v) is 4.16. The highest BCUT2D eigenvalue weighted by Crippen LogP contribution is 2.22. The van der Waals surface area contributed by atoms with E-state index in [1.165, 1.54) is 21.3 Å². The molecule has 0 amide bonds. The predicted molar refractivity (Wildman–Crippen MR) is 80.7 cm³/mol. The largest absolute Gasteiger partial charge is 0.342 e. The van der Waals surface area contributed by atoms with Gasteiger partial charge in [0.1, 0.15) is 0 Å². The van der Waals surface area contributed by atoms with E-state index in [-0.39, 0.29) is 0 Å². The summed E-state index contributed by atoms with van der Waals surface area (Å²) in [5.74, 6) is 0. The summed E-state index contributed by atoms with van der Waals surface area (Å²) in [5.41, 5.74) is 2.64. The van der Waals surface area contributed by atoms with Gasteiger partial charge in [-0.1, -0.05) is 12.1 Å². The number of rotatable bonds is 4. The van der Waals surface area contributed by atoms with Crippen molar-refractivity contribution in [3.05, 3.63) is 52.1 Å². The van der Waals surface area contributed by atoms with E-state index in [1.54, 1.807) is 11.3 Å². The van der Waals surface area contributed by atoms with Crippen LogP contribution in [0.5, 0.6) is 0 Å². The molecule has 0 bridgehead atoms. The molecule has 0 aliphatic heterocycles. The maximum absolute atomic E-state index is 4.32. The number of nitrogens with one attached hydrogen (secondary N) is 1. The summed E-state index contributed by atoms with van der Waals surface area (Å²) in [4.78, 5) is 5.62. The van der Waals surface area contributed by atoms with Crippen molar-refractivity contribution in [3.8, 4) is 0 Å². The van der Waals surface area contributed by atoms with E-state index >= 15 is 0 Å². The molecule has 19 heavy (non-hydrogen) atoms. The highest BCUT2D eigenvalue weighted by Gasteiger charge is 2.06. The molecule has 0 saturated heterocycles.